The number of nitrogens with one attached hydrogen (secondary N) is 1. The van der Waals surface area contributed by atoms with Crippen molar-refractivity contribution in [3.63, 3.8) is 0 Å². The number of anilines is 1. The molecule has 2 aromatic rings. The second kappa shape index (κ2) is 4.54. The largest absolute Gasteiger partial charge is 0.396 e. The Kier molecular flexibility index (Phi) is 3.10. The number of aromatic nitrogens is 3. The molecule has 1 amide bonds. The van der Waals surface area contributed by atoms with Gasteiger partial charge in [0.15, 0.2) is 5.69 Å². The highest BCUT2D eigenvalue weighted by Crippen LogP contribution is 2.12. The molecule has 0 aromatic carbocycles. The van der Waals surface area contributed by atoms with Crippen molar-refractivity contribution in [3.8, 4) is 0 Å². The molecular weight excluding hydrogens is 238 g/mol. The fourth-order valence-corrected chi connectivity index (χ4v) is 2.16. The van der Waals surface area contributed by atoms with Gasteiger partial charge in [-0.25, -0.2) is 4.98 Å². The maximum atomic E-state index is 11.8. The van der Waals surface area contributed by atoms with Crippen LogP contribution >= 0.6 is 11.3 Å². The van der Waals surface area contributed by atoms with Gasteiger partial charge < -0.3 is 11.1 Å². The van der Waals surface area contributed by atoms with Crippen molar-refractivity contribution in [2.24, 2.45) is 7.05 Å². The van der Waals surface area contributed by atoms with Crippen LogP contribution in [0.1, 0.15) is 20.4 Å². The maximum absolute atomic E-state index is 11.8. The Labute approximate surface area is 102 Å². The number of rotatable bonds is 3. The molecule has 17 heavy (non-hydrogen) atoms. The van der Waals surface area contributed by atoms with Gasteiger partial charge in [-0.15, -0.1) is 11.3 Å². The van der Waals surface area contributed by atoms with E-state index in [0.29, 0.717) is 12.2 Å². The van der Waals surface area contributed by atoms with Crippen molar-refractivity contribution in [2.75, 3.05) is 5.73 Å². The van der Waals surface area contributed by atoms with Crippen LogP contribution in [0.15, 0.2) is 12.4 Å². The van der Waals surface area contributed by atoms with Crippen molar-refractivity contribution in [3.05, 3.63) is 28.0 Å². The molecule has 7 heteroatoms. The Hall–Kier alpha value is -1.89. The molecule has 90 valence electrons. The van der Waals surface area contributed by atoms with Gasteiger partial charge in [-0.2, -0.15) is 5.10 Å². The van der Waals surface area contributed by atoms with Crippen molar-refractivity contribution >= 4 is 22.9 Å². The maximum Gasteiger partial charge on any atom is 0.274 e. The number of aryl methyl sites for hydroxylation is 2. The standard InChI is InChI=1S/C10H13N5OS/c1-6-12-3-7(17-6)4-13-10(16)9-8(11)5-15(2)14-9/h3,5H,4,11H2,1-2H3,(H,13,16). The number of carbonyl (C=O) groups excluding carboxylic acids is 1. The highest BCUT2D eigenvalue weighted by atomic mass is 32.1. The number of hydrogen-bond donors (Lipinski definition) is 2. The van der Waals surface area contributed by atoms with E-state index in [1.54, 1.807) is 30.8 Å². The van der Waals surface area contributed by atoms with Gasteiger partial charge in [0.1, 0.15) is 0 Å². The summed E-state index contributed by atoms with van der Waals surface area (Å²) in [5.41, 5.74) is 6.30. The van der Waals surface area contributed by atoms with E-state index < -0.39 is 0 Å². The van der Waals surface area contributed by atoms with Gasteiger partial charge in [0.2, 0.25) is 0 Å². The summed E-state index contributed by atoms with van der Waals surface area (Å²) in [5.74, 6) is -0.269. The summed E-state index contributed by atoms with van der Waals surface area (Å²) in [6.07, 6.45) is 3.35. The molecule has 0 aliphatic rings. The first kappa shape index (κ1) is 11.6. The Balaban J connectivity index is 2.00. The van der Waals surface area contributed by atoms with Gasteiger partial charge in [-0.05, 0) is 6.92 Å². The first-order valence-corrected chi connectivity index (χ1v) is 5.86. The second-order valence-electron chi connectivity index (χ2n) is 3.63. The minimum absolute atomic E-state index is 0.258. The monoisotopic (exact) mass is 251 g/mol. The Bertz CT molecular complexity index is 545. The molecule has 0 saturated carbocycles. The summed E-state index contributed by atoms with van der Waals surface area (Å²) in [7, 11) is 1.72. The van der Waals surface area contributed by atoms with Crippen LogP contribution in [-0.2, 0) is 13.6 Å². The first-order chi connectivity index (χ1) is 8.06. The van der Waals surface area contributed by atoms with E-state index in [9.17, 15) is 4.79 Å². The summed E-state index contributed by atoms with van der Waals surface area (Å²) >= 11 is 1.55. The van der Waals surface area contributed by atoms with Crippen molar-refractivity contribution < 1.29 is 4.79 Å². The molecular formula is C10H13N5OS. The predicted molar refractivity (Wildman–Crippen MR) is 65.6 cm³/mol. The van der Waals surface area contributed by atoms with Crippen LogP contribution in [0.2, 0.25) is 0 Å². The number of nitrogens with zero attached hydrogens (tertiary/aromatic N) is 3. The highest BCUT2D eigenvalue weighted by molar-refractivity contribution is 7.11. The van der Waals surface area contributed by atoms with Crippen molar-refractivity contribution in [1.29, 1.82) is 0 Å². The number of thiazole rings is 1. The lowest BCUT2D eigenvalue weighted by atomic mass is 10.3. The van der Waals surface area contributed by atoms with Crippen LogP contribution in [0.5, 0.6) is 0 Å². The summed E-state index contributed by atoms with van der Waals surface area (Å²) < 4.78 is 1.51. The third kappa shape index (κ3) is 2.62. The minimum Gasteiger partial charge on any atom is -0.396 e. The minimum atomic E-state index is -0.269. The normalized spacial score (nSPS) is 10.5. The van der Waals surface area contributed by atoms with Gasteiger partial charge in [0.05, 0.1) is 17.2 Å². The van der Waals surface area contributed by atoms with Crippen LogP contribution in [0, 0.1) is 6.92 Å². The van der Waals surface area contributed by atoms with Gasteiger partial charge in [0, 0.05) is 24.3 Å². The van der Waals surface area contributed by atoms with E-state index >= 15 is 0 Å². The number of hydrogen-bond acceptors (Lipinski definition) is 5. The molecule has 0 spiro atoms. The number of carbonyl (C=O) groups is 1. The molecule has 6 nitrogen and oxygen atoms in total. The molecule has 2 aromatic heterocycles. The SMILES string of the molecule is Cc1ncc(CNC(=O)c2nn(C)cc2N)s1. The summed E-state index contributed by atoms with van der Waals surface area (Å²) in [5, 5.41) is 7.73. The first-order valence-electron chi connectivity index (χ1n) is 5.05. The summed E-state index contributed by atoms with van der Waals surface area (Å²) in [4.78, 5) is 16.9. The lowest BCUT2D eigenvalue weighted by molar-refractivity contribution is 0.0946. The van der Waals surface area contributed by atoms with Crippen LogP contribution < -0.4 is 11.1 Å². The quantitative estimate of drug-likeness (QED) is 0.840. The van der Waals surface area contributed by atoms with Gasteiger partial charge in [-0.3, -0.25) is 9.48 Å². The lowest BCUT2D eigenvalue weighted by Crippen LogP contribution is -2.23. The zero-order chi connectivity index (χ0) is 12.4. The van der Waals surface area contributed by atoms with E-state index in [2.05, 4.69) is 15.4 Å². The molecule has 0 bridgehead atoms. The fraction of sp³-hybridized carbons (Fsp3) is 0.300. The molecule has 0 unspecified atom stereocenters. The van der Waals surface area contributed by atoms with Gasteiger partial charge >= 0.3 is 0 Å². The van der Waals surface area contributed by atoms with Crippen LogP contribution in [0.25, 0.3) is 0 Å². The lowest BCUT2D eigenvalue weighted by Gasteiger charge is -2.00. The summed E-state index contributed by atoms with van der Waals surface area (Å²) in [6, 6.07) is 0. The fourth-order valence-electron chi connectivity index (χ4n) is 1.42. The Morgan fingerprint density at radius 2 is 2.41 bits per heavy atom. The molecule has 2 heterocycles. The number of nitrogens with two attached hydrogens (primary N) is 1. The Morgan fingerprint density at radius 1 is 1.65 bits per heavy atom. The topological polar surface area (TPSA) is 85.8 Å². The van der Waals surface area contributed by atoms with E-state index in [-0.39, 0.29) is 11.6 Å². The highest BCUT2D eigenvalue weighted by Gasteiger charge is 2.13. The average molecular weight is 251 g/mol. The smallest absolute Gasteiger partial charge is 0.274 e. The van der Waals surface area contributed by atoms with Gasteiger partial charge in [-0.1, -0.05) is 0 Å². The molecule has 0 radical (unpaired) electrons. The molecule has 0 atom stereocenters. The Morgan fingerprint density at radius 3 is 2.94 bits per heavy atom. The van der Waals surface area contributed by atoms with E-state index in [1.165, 1.54) is 4.68 Å². The third-order valence-electron chi connectivity index (χ3n) is 2.16. The predicted octanol–water partition coefficient (Wildman–Crippen LogP) is 0.697. The van der Waals surface area contributed by atoms with Crippen LogP contribution in [-0.4, -0.2) is 20.7 Å². The number of amides is 1. The molecule has 3 N–H and O–H groups in total. The average Bonchev–Trinajstić information content (AvgIpc) is 2.81. The van der Waals surface area contributed by atoms with Crippen molar-refractivity contribution in [2.45, 2.75) is 13.5 Å². The molecule has 0 saturated heterocycles. The molecule has 0 aliphatic carbocycles. The van der Waals surface area contributed by atoms with Crippen LogP contribution in [0.3, 0.4) is 0 Å². The number of nitrogen functional groups attached to an aromatic ring is 1. The van der Waals surface area contributed by atoms with Crippen molar-refractivity contribution in [1.82, 2.24) is 20.1 Å². The van der Waals surface area contributed by atoms with E-state index in [4.69, 9.17) is 5.73 Å². The molecule has 2 rings (SSSR count). The zero-order valence-electron chi connectivity index (χ0n) is 9.60. The van der Waals surface area contributed by atoms with Crippen LogP contribution in [0.4, 0.5) is 5.69 Å². The third-order valence-corrected chi connectivity index (χ3v) is 3.08. The summed E-state index contributed by atoms with van der Waals surface area (Å²) in [6.45, 7) is 2.37. The zero-order valence-corrected chi connectivity index (χ0v) is 10.4. The molecule has 0 aliphatic heterocycles. The van der Waals surface area contributed by atoms with E-state index in [1.807, 2.05) is 6.92 Å². The second-order valence-corrected chi connectivity index (χ2v) is 4.95. The van der Waals surface area contributed by atoms with Gasteiger partial charge in [0.25, 0.3) is 5.91 Å². The molecule has 0 fully saturated rings. The van der Waals surface area contributed by atoms with E-state index in [0.717, 1.165) is 9.88 Å².